The fourth-order valence-corrected chi connectivity index (χ4v) is 0.829. The first-order valence-corrected chi connectivity index (χ1v) is 3.33. The predicted molar refractivity (Wildman–Crippen MR) is 38.0 cm³/mol. The van der Waals surface area contributed by atoms with Crippen molar-refractivity contribution in [3.8, 4) is 0 Å². The standard InChI is InChI=1S/C8H10FN/c9-8(6-10)7-4-2-1-3-5-7/h1-5,8H,6,10H2/p+1/t8-/m0/s1. The molecule has 0 aliphatic rings. The Balaban J connectivity index is 2.75. The molecule has 1 rings (SSSR count). The van der Waals surface area contributed by atoms with Gasteiger partial charge in [-0.1, -0.05) is 30.3 Å². The molecule has 0 aliphatic heterocycles. The summed E-state index contributed by atoms with van der Waals surface area (Å²) in [6, 6.07) is 9.08. The Morgan fingerprint density at radius 2 is 1.90 bits per heavy atom. The number of halogens is 1. The lowest BCUT2D eigenvalue weighted by molar-refractivity contribution is -0.380. The van der Waals surface area contributed by atoms with Crippen molar-refractivity contribution in [3.63, 3.8) is 0 Å². The molecule has 0 fully saturated rings. The average molecular weight is 140 g/mol. The van der Waals surface area contributed by atoms with E-state index >= 15 is 0 Å². The van der Waals surface area contributed by atoms with Crippen molar-refractivity contribution in [2.75, 3.05) is 6.54 Å². The number of hydrogen-bond donors (Lipinski definition) is 1. The van der Waals surface area contributed by atoms with Gasteiger partial charge in [0.2, 0.25) is 0 Å². The lowest BCUT2D eigenvalue weighted by Crippen LogP contribution is -2.52. The fourth-order valence-electron chi connectivity index (χ4n) is 0.829. The zero-order valence-corrected chi connectivity index (χ0v) is 5.76. The van der Waals surface area contributed by atoms with Gasteiger partial charge in [0.25, 0.3) is 0 Å². The van der Waals surface area contributed by atoms with E-state index in [1.165, 1.54) is 0 Å². The van der Waals surface area contributed by atoms with Crippen molar-refractivity contribution >= 4 is 0 Å². The van der Waals surface area contributed by atoms with E-state index in [4.69, 9.17) is 0 Å². The molecule has 2 heteroatoms. The molecular formula is C8H11FN+. The van der Waals surface area contributed by atoms with Crippen LogP contribution in [0.5, 0.6) is 0 Å². The van der Waals surface area contributed by atoms with E-state index in [0.29, 0.717) is 6.54 Å². The molecule has 0 amide bonds. The Kier molecular flexibility index (Phi) is 2.40. The maximum absolute atomic E-state index is 12.8. The van der Waals surface area contributed by atoms with Crippen LogP contribution in [0, 0.1) is 0 Å². The molecule has 0 aromatic heterocycles. The van der Waals surface area contributed by atoms with Gasteiger partial charge in [-0.15, -0.1) is 0 Å². The molecule has 1 aromatic rings. The topological polar surface area (TPSA) is 27.6 Å². The molecule has 0 saturated carbocycles. The van der Waals surface area contributed by atoms with Crippen molar-refractivity contribution in [2.24, 2.45) is 0 Å². The molecule has 54 valence electrons. The summed E-state index contributed by atoms with van der Waals surface area (Å²) in [7, 11) is 0. The van der Waals surface area contributed by atoms with Crippen molar-refractivity contribution in [1.29, 1.82) is 0 Å². The van der Waals surface area contributed by atoms with Gasteiger partial charge < -0.3 is 5.73 Å². The van der Waals surface area contributed by atoms with Crippen LogP contribution >= 0.6 is 0 Å². The van der Waals surface area contributed by atoms with Gasteiger partial charge in [-0.2, -0.15) is 0 Å². The molecule has 3 N–H and O–H groups in total. The number of hydrogen-bond acceptors (Lipinski definition) is 0. The molecule has 0 aliphatic carbocycles. The van der Waals surface area contributed by atoms with E-state index in [1.807, 2.05) is 18.2 Å². The Morgan fingerprint density at radius 3 is 2.40 bits per heavy atom. The van der Waals surface area contributed by atoms with E-state index < -0.39 is 6.17 Å². The summed E-state index contributed by atoms with van der Waals surface area (Å²) in [5.41, 5.74) is 4.21. The van der Waals surface area contributed by atoms with Gasteiger partial charge in [0.05, 0.1) is 0 Å². The predicted octanol–water partition coefficient (Wildman–Crippen LogP) is 0.939. The van der Waals surface area contributed by atoms with Crippen molar-refractivity contribution in [2.45, 2.75) is 6.17 Å². The molecule has 0 heterocycles. The number of quaternary nitrogens is 1. The second-order valence-corrected chi connectivity index (χ2v) is 2.17. The summed E-state index contributed by atoms with van der Waals surface area (Å²) >= 11 is 0. The van der Waals surface area contributed by atoms with Crippen LogP contribution < -0.4 is 5.73 Å². The Labute approximate surface area is 59.7 Å². The maximum Gasteiger partial charge on any atom is 0.174 e. The summed E-state index contributed by atoms with van der Waals surface area (Å²) in [5.74, 6) is 0. The highest BCUT2D eigenvalue weighted by atomic mass is 19.1. The molecule has 0 spiro atoms. The molecule has 0 bridgehead atoms. The first-order valence-electron chi connectivity index (χ1n) is 3.33. The summed E-state index contributed by atoms with van der Waals surface area (Å²) < 4.78 is 12.8. The van der Waals surface area contributed by atoms with Crippen molar-refractivity contribution in [1.82, 2.24) is 0 Å². The zero-order valence-electron chi connectivity index (χ0n) is 5.76. The van der Waals surface area contributed by atoms with E-state index in [0.717, 1.165) is 5.56 Å². The van der Waals surface area contributed by atoms with Crippen molar-refractivity contribution < 1.29 is 10.1 Å². The van der Waals surface area contributed by atoms with Gasteiger partial charge in [-0.25, -0.2) is 4.39 Å². The number of rotatable bonds is 2. The van der Waals surface area contributed by atoms with Gasteiger partial charge in [0.15, 0.2) is 6.17 Å². The van der Waals surface area contributed by atoms with Gasteiger partial charge in [-0.05, 0) is 5.56 Å². The van der Waals surface area contributed by atoms with Crippen LogP contribution in [0.1, 0.15) is 11.7 Å². The molecular weight excluding hydrogens is 129 g/mol. The smallest absolute Gasteiger partial charge is 0.174 e. The van der Waals surface area contributed by atoms with E-state index in [2.05, 4.69) is 5.73 Å². The Morgan fingerprint density at radius 1 is 1.30 bits per heavy atom. The van der Waals surface area contributed by atoms with Crippen LogP contribution in [0.3, 0.4) is 0 Å². The first kappa shape index (κ1) is 7.22. The van der Waals surface area contributed by atoms with Gasteiger partial charge in [0.1, 0.15) is 6.54 Å². The van der Waals surface area contributed by atoms with Crippen LogP contribution in [0.25, 0.3) is 0 Å². The molecule has 1 nitrogen and oxygen atoms in total. The van der Waals surface area contributed by atoms with Crippen LogP contribution in [-0.2, 0) is 0 Å². The van der Waals surface area contributed by atoms with Crippen LogP contribution in [0.2, 0.25) is 0 Å². The molecule has 1 aromatic carbocycles. The lowest BCUT2D eigenvalue weighted by Gasteiger charge is -2.00. The van der Waals surface area contributed by atoms with Gasteiger partial charge in [0, 0.05) is 0 Å². The normalized spacial score (nSPS) is 13.0. The SMILES string of the molecule is [NH3+]C[C@H](F)c1ccccc1. The third-order valence-corrected chi connectivity index (χ3v) is 1.41. The zero-order chi connectivity index (χ0) is 7.40. The highest BCUT2D eigenvalue weighted by Crippen LogP contribution is 2.13. The highest BCUT2D eigenvalue weighted by Gasteiger charge is 2.06. The molecule has 0 radical (unpaired) electrons. The second-order valence-electron chi connectivity index (χ2n) is 2.17. The summed E-state index contributed by atoms with van der Waals surface area (Å²) in [6.45, 7) is 0.310. The minimum absolute atomic E-state index is 0.310. The third kappa shape index (κ3) is 1.54. The minimum atomic E-state index is -0.902. The summed E-state index contributed by atoms with van der Waals surface area (Å²) in [5, 5.41) is 0. The van der Waals surface area contributed by atoms with Crippen molar-refractivity contribution in [3.05, 3.63) is 35.9 Å². The number of benzene rings is 1. The average Bonchev–Trinajstić information content (AvgIpc) is 2.05. The molecule has 1 atom stereocenters. The minimum Gasteiger partial charge on any atom is -0.355 e. The molecule has 0 saturated heterocycles. The highest BCUT2D eigenvalue weighted by molar-refractivity contribution is 5.17. The molecule has 10 heavy (non-hydrogen) atoms. The van der Waals surface area contributed by atoms with E-state index in [-0.39, 0.29) is 0 Å². The Bertz CT molecular complexity index is 186. The van der Waals surface area contributed by atoms with Gasteiger partial charge >= 0.3 is 0 Å². The first-order chi connectivity index (χ1) is 4.84. The third-order valence-electron chi connectivity index (χ3n) is 1.41. The fraction of sp³-hybridized carbons (Fsp3) is 0.250. The summed E-state index contributed by atoms with van der Waals surface area (Å²) in [6.07, 6.45) is -0.902. The maximum atomic E-state index is 12.8. The second kappa shape index (κ2) is 3.32. The lowest BCUT2D eigenvalue weighted by atomic mass is 10.1. The monoisotopic (exact) mass is 140 g/mol. The Hall–Kier alpha value is -0.890. The van der Waals surface area contributed by atoms with Gasteiger partial charge in [-0.3, -0.25) is 0 Å². The van der Waals surface area contributed by atoms with E-state index in [1.54, 1.807) is 12.1 Å². The van der Waals surface area contributed by atoms with Crippen LogP contribution in [-0.4, -0.2) is 6.54 Å². The summed E-state index contributed by atoms with van der Waals surface area (Å²) in [4.78, 5) is 0. The van der Waals surface area contributed by atoms with Crippen LogP contribution in [0.4, 0.5) is 4.39 Å². The van der Waals surface area contributed by atoms with E-state index in [9.17, 15) is 4.39 Å². The quantitative estimate of drug-likeness (QED) is 0.633. The molecule has 0 unspecified atom stereocenters. The number of alkyl halides is 1. The largest absolute Gasteiger partial charge is 0.355 e. The van der Waals surface area contributed by atoms with Crippen LogP contribution in [0.15, 0.2) is 30.3 Å².